The summed E-state index contributed by atoms with van der Waals surface area (Å²) in [5, 5.41) is 14.9. The molecule has 96 valence electrons. The van der Waals surface area contributed by atoms with Gasteiger partial charge < -0.3 is 16.2 Å². The summed E-state index contributed by atoms with van der Waals surface area (Å²) in [7, 11) is 0. The van der Waals surface area contributed by atoms with Crippen molar-refractivity contribution in [1.82, 2.24) is 4.98 Å². The van der Waals surface area contributed by atoms with E-state index in [1.165, 1.54) is 0 Å². The van der Waals surface area contributed by atoms with Crippen LogP contribution in [0.5, 0.6) is 5.75 Å². The predicted octanol–water partition coefficient (Wildman–Crippen LogP) is 2.34. The van der Waals surface area contributed by atoms with Gasteiger partial charge in [0.1, 0.15) is 11.6 Å². The van der Waals surface area contributed by atoms with Crippen molar-refractivity contribution in [1.29, 1.82) is 0 Å². The number of hydrogen-bond donors (Lipinski definition) is 3. The van der Waals surface area contributed by atoms with Crippen molar-refractivity contribution >= 4 is 16.6 Å². The number of benzene rings is 1. The van der Waals surface area contributed by atoms with E-state index in [0.717, 1.165) is 16.6 Å². The highest BCUT2D eigenvalue weighted by atomic mass is 16.3. The monoisotopic (exact) mass is 245 g/mol. The van der Waals surface area contributed by atoms with E-state index in [9.17, 15) is 5.11 Å². The van der Waals surface area contributed by atoms with Crippen LogP contribution in [0.3, 0.4) is 0 Å². The number of nitrogens with zero attached hydrogens (tertiary/aromatic N) is 1. The quantitative estimate of drug-likeness (QED) is 0.773. The largest absolute Gasteiger partial charge is 0.508 e. The molecule has 2 rings (SSSR count). The summed E-state index contributed by atoms with van der Waals surface area (Å²) in [4.78, 5) is 4.34. The Balaban J connectivity index is 2.41. The van der Waals surface area contributed by atoms with Gasteiger partial charge >= 0.3 is 0 Å². The molecule has 0 aliphatic rings. The summed E-state index contributed by atoms with van der Waals surface area (Å²) >= 11 is 0. The predicted molar refractivity (Wildman–Crippen MR) is 74.7 cm³/mol. The number of hydrogen-bond acceptors (Lipinski definition) is 4. The van der Waals surface area contributed by atoms with Crippen LogP contribution >= 0.6 is 0 Å². The van der Waals surface area contributed by atoms with Crippen LogP contribution in [0.2, 0.25) is 0 Å². The first-order valence-corrected chi connectivity index (χ1v) is 6.16. The minimum Gasteiger partial charge on any atom is -0.508 e. The molecule has 0 aliphatic carbocycles. The molecule has 0 spiro atoms. The molecule has 0 bridgehead atoms. The molecule has 0 saturated carbocycles. The number of aromatic hydroxyl groups is 1. The van der Waals surface area contributed by atoms with Crippen LogP contribution in [-0.2, 0) is 0 Å². The molecule has 4 N–H and O–H groups in total. The Bertz CT molecular complexity index is 540. The Kier molecular flexibility index (Phi) is 3.67. The first-order chi connectivity index (χ1) is 8.61. The molecule has 18 heavy (non-hydrogen) atoms. The van der Waals surface area contributed by atoms with E-state index in [-0.39, 0.29) is 11.8 Å². The molecule has 1 aromatic carbocycles. The smallest absolute Gasteiger partial charge is 0.134 e. The first kappa shape index (κ1) is 12.6. The number of nitrogens with one attached hydrogen (secondary N) is 1. The van der Waals surface area contributed by atoms with Gasteiger partial charge in [0.2, 0.25) is 0 Å². The minimum absolute atomic E-state index is 0.172. The van der Waals surface area contributed by atoms with Gasteiger partial charge in [0, 0.05) is 24.2 Å². The van der Waals surface area contributed by atoms with Gasteiger partial charge in [0.05, 0.1) is 0 Å². The van der Waals surface area contributed by atoms with Crippen LogP contribution in [0.1, 0.15) is 13.8 Å². The zero-order chi connectivity index (χ0) is 13.1. The number of pyridine rings is 1. The third kappa shape index (κ3) is 2.54. The van der Waals surface area contributed by atoms with Crippen LogP contribution in [0.4, 0.5) is 5.82 Å². The molecule has 0 amide bonds. The van der Waals surface area contributed by atoms with Gasteiger partial charge in [0.15, 0.2) is 0 Å². The van der Waals surface area contributed by atoms with Gasteiger partial charge in [0.25, 0.3) is 0 Å². The van der Waals surface area contributed by atoms with Crippen molar-refractivity contribution in [2.45, 2.75) is 19.9 Å². The molecule has 0 saturated heterocycles. The summed E-state index contributed by atoms with van der Waals surface area (Å²) in [6.45, 7) is 4.79. The Morgan fingerprint density at radius 3 is 2.78 bits per heavy atom. The van der Waals surface area contributed by atoms with Crippen molar-refractivity contribution in [2.75, 3.05) is 11.9 Å². The van der Waals surface area contributed by atoms with Gasteiger partial charge in [-0.25, -0.2) is 4.98 Å². The van der Waals surface area contributed by atoms with E-state index in [1.807, 2.05) is 12.1 Å². The van der Waals surface area contributed by atoms with Crippen molar-refractivity contribution < 1.29 is 5.11 Å². The molecule has 4 heteroatoms. The maximum atomic E-state index is 9.57. The van der Waals surface area contributed by atoms with Gasteiger partial charge in [-0.15, -0.1) is 0 Å². The average Bonchev–Trinajstić information content (AvgIpc) is 2.35. The molecular weight excluding hydrogens is 226 g/mol. The minimum atomic E-state index is 0.172. The fourth-order valence-corrected chi connectivity index (χ4v) is 1.94. The van der Waals surface area contributed by atoms with Crippen LogP contribution in [0.25, 0.3) is 10.8 Å². The van der Waals surface area contributed by atoms with Crippen LogP contribution in [0, 0.1) is 5.92 Å². The van der Waals surface area contributed by atoms with Gasteiger partial charge in [-0.1, -0.05) is 19.9 Å². The highest BCUT2D eigenvalue weighted by Crippen LogP contribution is 2.26. The topological polar surface area (TPSA) is 71.2 Å². The van der Waals surface area contributed by atoms with Crippen molar-refractivity contribution in [3.8, 4) is 5.75 Å². The number of nitrogens with two attached hydrogens (primary N) is 1. The maximum absolute atomic E-state index is 9.57. The number of rotatable bonds is 4. The number of phenols is 1. The summed E-state index contributed by atoms with van der Waals surface area (Å²) in [6, 6.07) is 7.37. The van der Waals surface area contributed by atoms with Gasteiger partial charge in [-0.05, 0) is 29.5 Å². The third-order valence-electron chi connectivity index (χ3n) is 3.13. The van der Waals surface area contributed by atoms with E-state index in [2.05, 4.69) is 24.1 Å². The Labute approximate surface area is 107 Å². The highest BCUT2D eigenvalue weighted by molar-refractivity contribution is 5.92. The first-order valence-electron chi connectivity index (χ1n) is 6.16. The molecule has 0 aliphatic heterocycles. The second kappa shape index (κ2) is 5.23. The summed E-state index contributed by atoms with van der Waals surface area (Å²) in [5.41, 5.74) is 5.76. The van der Waals surface area contributed by atoms with Crippen molar-refractivity contribution in [2.24, 2.45) is 11.7 Å². The molecule has 1 aromatic heterocycles. The van der Waals surface area contributed by atoms with Gasteiger partial charge in [-0.2, -0.15) is 0 Å². The van der Waals surface area contributed by atoms with Crippen LogP contribution in [-0.4, -0.2) is 22.7 Å². The number of fused-ring (bicyclic) bond motifs is 1. The summed E-state index contributed by atoms with van der Waals surface area (Å²) in [5.74, 6) is 1.43. The molecule has 1 heterocycles. The zero-order valence-corrected chi connectivity index (χ0v) is 10.7. The maximum Gasteiger partial charge on any atom is 0.134 e. The van der Waals surface area contributed by atoms with E-state index < -0.39 is 0 Å². The van der Waals surface area contributed by atoms with Crippen molar-refractivity contribution in [3.63, 3.8) is 0 Å². The SMILES string of the molecule is CC(C)C(CN)Nc1nccc2ccc(O)cc12. The van der Waals surface area contributed by atoms with Gasteiger partial charge in [-0.3, -0.25) is 0 Å². The molecule has 1 atom stereocenters. The van der Waals surface area contributed by atoms with E-state index in [4.69, 9.17) is 5.73 Å². The lowest BCUT2D eigenvalue weighted by Gasteiger charge is -2.22. The average molecular weight is 245 g/mol. The Hall–Kier alpha value is -1.81. The molecule has 4 nitrogen and oxygen atoms in total. The lowest BCUT2D eigenvalue weighted by Crippen LogP contribution is -2.34. The van der Waals surface area contributed by atoms with E-state index >= 15 is 0 Å². The van der Waals surface area contributed by atoms with Crippen LogP contribution in [0.15, 0.2) is 30.5 Å². The molecule has 0 fully saturated rings. The lowest BCUT2D eigenvalue weighted by atomic mass is 10.0. The molecular formula is C14H19N3O. The lowest BCUT2D eigenvalue weighted by molar-refractivity contribution is 0.476. The molecule has 2 aromatic rings. The second-order valence-electron chi connectivity index (χ2n) is 4.80. The van der Waals surface area contributed by atoms with Crippen LogP contribution < -0.4 is 11.1 Å². The number of phenolic OH excluding ortho intramolecular Hbond substituents is 1. The van der Waals surface area contributed by atoms with E-state index in [0.29, 0.717) is 12.5 Å². The second-order valence-corrected chi connectivity index (χ2v) is 4.80. The number of aromatic nitrogens is 1. The Morgan fingerprint density at radius 1 is 1.33 bits per heavy atom. The highest BCUT2D eigenvalue weighted by Gasteiger charge is 2.13. The number of anilines is 1. The van der Waals surface area contributed by atoms with Crippen molar-refractivity contribution in [3.05, 3.63) is 30.5 Å². The normalized spacial score (nSPS) is 12.9. The molecule has 0 radical (unpaired) electrons. The zero-order valence-electron chi connectivity index (χ0n) is 10.7. The molecule has 1 unspecified atom stereocenters. The van der Waals surface area contributed by atoms with E-state index in [1.54, 1.807) is 18.3 Å². The third-order valence-corrected chi connectivity index (χ3v) is 3.13. The summed E-state index contributed by atoms with van der Waals surface area (Å²) in [6.07, 6.45) is 1.76. The fraction of sp³-hybridized carbons (Fsp3) is 0.357. The standard InChI is InChI=1S/C14H19N3O/c1-9(2)13(8-15)17-14-12-7-11(18)4-3-10(12)5-6-16-14/h3-7,9,13,18H,8,15H2,1-2H3,(H,16,17). The fourth-order valence-electron chi connectivity index (χ4n) is 1.94. The summed E-state index contributed by atoms with van der Waals surface area (Å²) < 4.78 is 0. The Morgan fingerprint density at radius 2 is 2.11 bits per heavy atom.